The van der Waals surface area contributed by atoms with Crippen LogP contribution >= 0.6 is 11.3 Å². The summed E-state index contributed by atoms with van der Waals surface area (Å²) in [7, 11) is 3.49. The zero-order chi connectivity index (χ0) is 25.2. The topological polar surface area (TPSA) is 83.8 Å². The van der Waals surface area contributed by atoms with E-state index in [-0.39, 0.29) is 18.0 Å². The second kappa shape index (κ2) is 9.95. The van der Waals surface area contributed by atoms with Gasteiger partial charge in [0.05, 0.1) is 13.7 Å². The molecular formula is C26H32N6O2S. The van der Waals surface area contributed by atoms with E-state index in [1.54, 1.807) is 7.11 Å². The Labute approximate surface area is 209 Å². The fourth-order valence-corrected chi connectivity index (χ4v) is 4.52. The Morgan fingerprint density at radius 1 is 1.14 bits per heavy atom. The van der Waals surface area contributed by atoms with Crippen molar-refractivity contribution in [2.45, 2.75) is 39.8 Å². The molecule has 1 amide bonds. The molecule has 0 saturated carbocycles. The molecule has 0 aliphatic heterocycles. The average Bonchev–Trinajstić information content (AvgIpc) is 3.37. The number of imidazole rings is 1. The number of carbonyl (C=O) groups is 1. The van der Waals surface area contributed by atoms with Crippen LogP contribution in [0, 0.1) is 6.92 Å². The first-order valence-corrected chi connectivity index (χ1v) is 12.3. The monoisotopic (exact) mass is 492 g/mol. The molecule has 184 valence electrons. The van der Waals surface area contributed by atoms with Crippen molar-refractivity contribution in [3.63, 3.8) is 0 Å². The molecule has 35 heavy (non-hydrogen) atoms. The quantitative estimate of drug-likeness (QED) is 0.370. The van der Waals surface area contributed by atoms with Gasteiger partial charge in [-0.1, -0.05) is 59.4 Å². The third-order valence-electron chi connectivity index (χ3n) is 5.39. The summed E-state index contributed by atoms with van der Waals surface area (Å²) in [5.41, 5.74) is 3.85. The number of nitrogens with zero attached hydrogens (tertiary/aromatic N) is 4. The van der Waals surface area contributed by atoms with Crippen LogP contribution in [0.15, 0.2) is 48.5 Å². The van der Waals surface area contributed by atoms with E-state index in [2.05, 4.69) is 62.6 Å². The van der Waals surface area contributed by atoms with Crippen molar-refractivity contribution >= 4 is 33.2 Å². The van der Waals surface area contributed by atoms with E-state index < -0.39 is 0 Å². The van der Waals surface area contributed by atoms with Gasteiger partial charge in [-0.15, -0.1) is 5.10 Å². The van der Waals surface area contributed by atoms with Gasteiger partial charge in [0.1, 0.15) is 11.4 Å². The SMILES string of the molecule is COc1ccccc1CNC(=O)CN(C)c1nn2c(NC(C)(C)C)c(-c3ccc(C)cc3)nc2s1. The lowest BCUT2D eigenvalue weighted by molar-refractivity contribution is -0.119. The molecule has 0 atom stereocenters. The molecule has 2 heterocycles. The van der Waals surface area contributed by atoms with Crippen LogP contribution in [-0.4, -0.2) is 46.7 Å². The Bertz CT molecular complexity index is 1320. The minimum atomic E-state index is -0.177. The minimum Gasteiger partial charge on any atom is -0.496 e. The number of aromatic nitrogens is 3. The first-order valence-electron chi connectivity index (χ1n) is 11.5. The minimum absolute atomic E-state index is 0.0976. The molecule has 8 nitrogen and oxygen atoms in total. The number of nitrogens with one attached hydrogen (secondary N) is 2. The lowest BCUT2D eigenvalue weighted by atomic mass is 10.1. The summed E-state index contributed by atoms with van der Waals surface area (Å²) in [6.45, 7) is 8.97. The van der Waals surface area contributed by atoms with E-state index >= 15 is 0 Å². The summed E-state index contributed by atoms with van der Waals surface area (Å²) in [4.78, 5) is 20.1. The highest BCUT2D eigenvalue weighted by Crippen LogP contribution is 2.34. The number of para-hydroxylation sites is 1. The number of hydrogen-bond acceptors (Lipinski definition) is 7. The number of likely N-dealkylation sites (N-methyl/N-ethyl adjacent to an activating group) is 1. The Kier molecular flexibility index (Phi) is 6.98. The Hall–Kier alpha value is -3.59. The number of aryl methyl sites for hydroxylation is 1. The lowest BCUT2D eigenvalue weighted by Gasteiger charge is -2.22. The first kappa shape index (κ1) is 24.5. The van der Waals surface area contributed by atoms with Gasteiger partial charge in [-0.05, 0) is 33.8 Å². The van der Waals surface area contributed by atoms with Crippen LogP contribution in [-0.2, 0) is 11.3 Å². The Morgan fingerprint density at radius 2 is 1.86 bits per heavy atom. The zero-order valence-corrected chi connectivity index (χ0v) is 21.9. The third kappa shape index (κ3) is 5.74. The number of ether oxygens (including phenoxy) is 1. The van der Waals surface area contributed by atoms with Gasteiger partial charge in [0.25, 0.3) is 0 Å². The number of amides is 1. The summed E-state index contributed by atoms with van der Waals surface area (Å²) in [6.07, 6.45) is 0. The summed E-state index contributed by atoms with van der Waals surface area (Å²) < 4.78 is 7.20. The van der Waals surface area contributed by atoms with E-state index in [0.29, 0.717) is 11.7 Å². The van der Waals surface area contributed by atoms with Gasteiger partial charge < -0.3 is 20.3 Å². The summed E-state index contributed by atoms with van der Waals surface area (Å²) in [5.74, 6) is 1.50. The molecular weight excluding hydrogens is 460 g/mol. The van der Waals surface area contributed by atoms with Crippen LogP contribution < -0.4 is 20.3 Å². The fraction of sp³-hybridized carbons (Fsp3) is 0.346. The normalized spacial score (nSPS) is 11.5. The zero-order valence-electron chi connectivity index (χ0n) is 21.0. The molecule has 0 aliphatic rings. The molecule has 4 rings (SSSR count). The number of benzene rings is 2. The smallest absolute Gasteiger partial charge is 0.239 e. The summed E-state index contributed by atoms with van der Waals surface area (Å²) in [6, 6.07) is 16.0. The van der Waals surface area contributed by atoms with Crippen molar-refractivity contribution in [3.8, 4) is 17.0 Å². The largest absolute Gasteiger partial charge is 0.496 e. The van der Waals surface area contributed by atoms with E-state index in [1.807, 2.05) is 40.7 Å². The molecule has 9 heteroatoms. The Balaban J connectivity index is 1.53. The maximum atomic E-state index is 12.6. The van der Waals surface area contributed by atoms with Crippen molar-refractivity contribution in [3.05, 3.63) is 59.7 Å². The predicted molar refractivity (Wildman–Crippen MR) is 143 cm³/mol. The van der Waals surface area contributed by atoms with Gasteiger partial charge in [0, 0.05) is 30.3 Å². The van der Waals surface area contributed by atoms with Crippen LogP contribution in [0.25, 0.3) is 16.2 Å². The number of anilines is 2. The molecule has 2 aromatic heterocycles. The second-order valence-electron chi connectivity index (χ2n) is 9.57. The van der Waals surface area contributed by atoms with Crippen LogP contribution in [0.4, 0.5) is 10.9 Å². The maximum absolute atomic E-state index is 12.6. The van der Waals surface area contributed by atoms with Crippen molar-refractivity contribution < 1.29 is 9.53 Å². The molecule has 0 saturated heterocycles. The van der Waals surface area contributed by atoms with Crippen LogP contribution in [0.2, 0.25) is 0 Å². The Morgan fingerprint density at radius 3 is 2.54 bits per heavy atom. The molecule has 0 radical (unpaired) electrons. The van der Waals surface area contributed by atoms with E-state index in [9.17, 15) is 4.79 Å². The molecule has 0 aliphatic carbocycles. The van der Waals surface area contributed by atoms with Gasteiger partial charge >= 0.3 is 0 Å². The number of carbonyl (C=O) groups excluding carboxylic acids is 1. The van der Waals surface area contributed by atoms with Gasteiger partial charge in [-0.3, -0.25) is 4.79 Å². The molecule has 4 aromatic rings. The molecule has 2 aromatic carbocycles. The summed E-state index contributed by atoms with van der Waals surface area (Å²) >= 11 is 1.45. The van der Waals surface area contributed by atoms with Gasteiger partial charge in [0.15, 0.2) is 5.82 Å². The maximum Gasteiger partial charge on any atom is 0.239 e. The van der Waals surface area contributed by atoms with Gasteiger partial charge in [0.2, 0.25) is 16.0 Å². The van der Waals surface area contributed by atoms with Gasteiger partial charge in [-0.2, -0.15) is 4.52 Å². The molecule has 0 spiro atoms. The van der Waals surface area contributed by atoms with Crippen molar-refractivity contribution in [2.24, 2.45) is 0 Å². The third-order valence-corrected chi connectivity index (χ3v) is 6.41. The lowest BCUT2D eigenvalue weighted by Crippen LogP contribution is -2.35. The number of fused-ring (bicyclic) bond motifs is 1. The van der Waals surface area contributed by atoms with Crippen LogP contribution in [0.3, 0.4) is 0 Å². The van der Waals surface area contributed by atoms with Crippen molar-refractivity contribution in [1.29, 1.82) is 0 Å². The van der Waals surface area contributed by atoms with Gasteiger partial charge in [-0.25, -0.2) is 4.98 Å². The van der Waals surface area contributed by atoms with Crippen LogP contribution in [0.1, 0.15) is 31.9 Å². The highest BCUT2D eigenvalue weighted by Gasteiger charge is 2.23. The van der Waals surface area contributed by atoms with Crippen molar-refractivity contribution in [1.82, 2.24) is 19.9 Å². The van der Waals surface area contributed by atoms with E-state index in [4.69, 9.17) is 14.8 Å². The predicted octanol–water partition coefficient (Wildman–Crippen LogP) is 4.74. The fourth-order valence-electron chi connectivity index (χ4n) is 3.65. The van der Waals surface area contributed by atoms with E-state index in [1.165, 1.54) is 16.9 Å². The molecule has 0 fully saturated rings. The molecule has 0 bridgehead atoms. The van der Waals surface area contributed by atoms with Crippen molar-refractivity contribution in [2.75, 3.05) is 30.9 Å². The number of rotatable bonds is 8. The molecule has 2 N–H and O–H groups in total. The highest BCUT2D eigenvalue weighted by atomic mass is 32.1. The molecule has 0 unspecified atom stereocenters. The second-order valence-corrected chi connectivity index (χ2v) is 10.5. The standard InChI is InChI=1S/C26H32N6O2S/c1-17-11-13-18(14-12-17)22-23(29-26(2,3)4)32-24(28-22)35-25(30-32)31(5)16-21(33)27-15-19-9-7-8-10-20(19)34-6/h7-14,29H,15-16H2,1-6H3,(H,27,33). The number of hydrogen-bond donors (Lipinski definition) is 2. The summed E-state index contributed by atoms with van der Waals surface area (Å²) in [5, 5.41) is 12.0. The number of methoxy groups -OCH3 is 1. The average molecular weight is 493 g/mol. The first-order chi connectivity index (χ1) is 16.6. The van der Waals surface area contributed by atoms with E-state index in [0.717, 1.165) is 33.3 Å². The van der Waals surface area contributed by atoms with Crippen LogP contribution in [0.5, 0.6) is 5.75 Å². The highest BCUT2D eigenvalue weighted by molar-refractivity contribution is 7.20.